The van der Waals surface area contributed by atoms with E-state index in [1.54, 1.807) is 52.5 Å². The summed E-state index contributed by atoms with van der Waals surface area (Å²) in [6.07, 6.45) is 4.00. The number of urea groups is 1. The maximum Gasteiger partial charge on any atom is 0.321 e. The highest BCUT2D eigenvalue weighted by molar-refractivity contribution is 7.17. The number of nitrogens with zero attached hydrogens (tertiary/aromatic N) is 5. The van der Waals surface area contributed by atoms with Crippen LogP contribution < -0.4 is 5.32 Å². The van der Waals surface area contributed by atoms with Crippen molar-refractivity contribution in [3.63, 3.8) is 0 Å². The number of anilines is 1. The average Bonchev–Trinajstić information content (AvgIpc) is 2.99. The number of hydrogen-bond donors (Lipinski definition) is 1. The molecule has 3 aromatic rings. The number of benzene rings is 1. The third-order valence-corrected chi connectivity index (χ3v) is 6.27. The van der Waals surface area contributed by atoms with Crippen molar-refractivity contribution in [2.24, 2.45) is 0 Å². The lowest BCUT2D eigenvalue weighted by Gasteiger charge is -2.22. The Hall–Kier alpha value is -3.04. The lowest BCUT2D eigenvalue weighted by Crippen LogP contribution is -2.39. The molecule has 0 aliphatic carbocycles. The predicted octanol–water partition coefficient (Wildman–Crippen LogP) is 3.94. The zero-order valence-corrected chi connectivity index (χ0v) is 18.5. The molecule has 8 nitrogen and oxygen atoms in total. The highest BCUT2D eigenvalue weighted by Crippen LogP contribution is 2.26. The van der Waals surface area contributed by atoms with E-state index in [-0.39, 0.29) is 11.9 Å². The largest absolute Gasteiger partial charge is 0.336 e. The first-order chi connectivity index (χ1) is 15.0. The van der Waals surface area contributed by atoms with Gasteiger partial charge in [0.25, 0.3) is 5.91 Å². The summed E-state index contributed by atoms with van der Waals surface area (Å²) in [6, 6.07) is 8.57. The topological polar surface area (TPSA) is 91.3 Å². The maximum absolute atomic E-state index is 13.1. The van der Waals surface area contributed by atoms with Crippen LogP contribution in [0, 0.1) is 6.92 Å². The second-order valence-corrected chi connectivity index (χ2v) is 8.51. The van der Waals surface area contributed by atoms with Crippen LogP contribution in [-0.4, -0.2) is 62.9 Å². The van der Waals surface area contributed by atoms with E-state index in [9.17, 15) is 9.59 Å². The average molecular weight is 457 g/mol. The Morgan fingerprint density at radius 2 is 1.81 bits per heavy atom. The first kappa shape index (κ1) is 21.2. The summed E-state index contributed by atoms with van der Waals surface area (Å²) in [5, 5.41) is 4.05. The second kappa shape index (κ2) is 9.40. The SMILES string of the molecule is Cc1nc(-c2ncccn2)sc1C(=O)N1CCCN(C(=O)Nc2cccc(Cl)c2)CC1. The van der Waals surface area contributed by atoms with Gasteiger partial charge in [-0.05, 0) is 37.6 Å². The van der Waals surface area contributed by atoms with Gasteiger partial charge in [-0.2, -0.15) is 0 Å². The standard InChI is InChI=1S/C21H21ClN6O2S/c1-14-17(31-19(25-14)18-23-7-3-8-24-18)20(29)27-9-4-10-28(12-11-27)21(30)26-16-6-2-5-15(22)13-16/h2-3,5-8,13H,4,9-12H2,1H3,(H,26,30). The molecule has 0 bridgehead atoms. The van der Waals surface area contributed by atoms with Crippen molar-refractivity contribution in [3.05, 3.63) is 58.3 Å². The molecular weight excluding hydrogens is 436 g/mol. The summed E-state index contributed by atoms with van der Waals surface area (Å²) in [5.41, 5.74) is 1.31. The van der Waals surface area contributed by atoms with E-state index < -0.39 is 0 Å². The summed E-state index contributed by atoms with van der Waals surface area (Å²) in [4.78, 5) is 42.8. The van der Waals surface area contributed by atoms with Crippen molar-refractivity contribution in [1.29, 1.82) is 0 Å². The first-order valence-corrected chi connectivity index (χ1v) is 11.1. The maximum atomic E-state index is 13.1. The van der Waals surface area contributed by atoms with E-state index in [1.807, 2.05) is 6.92 Å². The second-order valence-electron chi connectivity index (χ2n) is 7.08. The monoisotopic (exact) mass is 456 g/mol. The Labute approximate surface area is 188 Å². The lowest BCUT2D eigenvalue weighted by atomic mass is 10.3. The van der Waals surface area contributed by atoms with Gasteiger partial charge in [0, 0.05) is 49.3 Å². The molecule has 1 aromatic carbocycles. The van der Waals surface area contributed by atoms with Gasteiger partial charge in [0.2, 0.25) is 0 Å². The number of nitrogens with one attached hydrogen (secondary N) is 1. The van der Waals surface area contributed by atoms with Crippen LogP contribution >= 0.6 is 22.9 Å². The number of halogens is 1. The molecule has 10 heteroatoms. The van der Waals surface area contributed by atoms with Gasteiger partial charge in [-0.25, -0.2) is 19.7 Å². The molecule has 1 saturated heterocycles. The Morgan fingerprint density at radius 3 is 2.58 bits per heavy atom. The Morgan fingerprint density at radius 1 is 1.06 bits per heavy atom. The molecule has 1 fully saturated rings. The molecule has 1 aliphatic heterocycles. The third-order valence-electron chi connectivity index (χ3n) is 4.89. The molecule has 4 rings (SSSR count). The molecule has 0 spiro atoms. The fraction of sp³-hybridized carbons (Fsp3) is 0.286. The summed E-state index contributed by atoms with van der Waals surface area (Å²) < 4.78 is 0. The molecule has 0 unspecified atom stereocenters. The summed E-state index contributed by atoms with van der Waals surface area (Å²) in [7, 11) is 0. The Kier molecular flexibility index (Phi) is 6.43. The van der Waals surface area contributed by atoms with E-state index in [4.69, 9.17) is 11.6 Å². The van der Waals surface area contributed by atoms with Crippen molar-refractivity contribution in [2.45, 2.75) is 13.3 Å². The Bertz CT molecular complexity index is 1090. The van der Waals surface area contributed by atoms with Crippen LogP contribution in [0.4, 0.5) is 10.5 Å². The van der Waals surface area contributed by atoms with Gasteiger partial charge in [-0.1, -0.05) is 17.7 Å². The van der Waals surface area contributed by atoms with Crippen molar-refractivity contribution < 1.29 is 9.59 Å². The molecule has 3 heterocycles. The van der Waals surface area contributed by atoms with E-state index in [0.29, 0.717) is 64.7 Å². The van der Waals surface area contributed by atoms with Gasteiger partial charge in [-0.15, -0.1) is 11.3 Å². The molecule has 1 aliphatic rings. The quantitative estimate of drug-likeness (QED) is 0.644. The van der Waals surface area contributed by atoms with Gasteiger partial charge >= 0.3 is 6.03 Å². The number of carbonyl (C=O) groups is 2. The fourth-order valence-electron chi connectivity index (χ4n) is 3.34. The molecular formula is C21H21ClN6O2S. The number of aryl methyl sites for hydroxylation is 1. The first-order valence-electron chi connectivity index (χ1n) is 9.87. The minimum Gasteiger partial charge on any atom is -0.336 e. The zero-order valence-electron chi connectivity index (χ0n) is 16.9. The Balaban J connectivity index is 1.41. The highest BCUT2D eigenvalue weighted by Gasteiger charge is 2.26. The summed E-state index contributed by atoms with van der Waals surface area (Å²) >= 11 is 7.28. The van der Waals surface area contributed by atoms with Crippen molar-refractivity contribution in [1.82, 2.24) is 24.8 Å². The molecule has 0 saturated carbocycles. The van der Waals surface area contributed by atoms with Crippen LogP contribution in [0.5, 0.6) is 0 Å². The molecule has 0 radical (unpaired) electrons. The predicted molar refractivity (Wildman–Crippen MR) is 120 cm³/mol. The van der Waals surface area contributed by atoms with E-state index in [2.05, 4.69) is 20.3 Å². The van der Waals surface area contributed by atoms with Gasteiger partial charge in [-0.3, -0.25) is 4.79 Å². The number of carbonyl (C=O) groups excluding carboxylic acids is 2. The van der Waals surface area contributed by atoms with Gasteiger partial charge < -0.3 is 15.1 Å². The van der Waals surface area contributed by atoms with Crippen molar-refractivity contribution in [3.8, 4) is 10.8 Å². The number of aromatic nitrogens is 3. The number of hydrogen-bond acceptors (Lipinski definition) is 6. The summed E-state index contributed by atoms with van der Waals surface area (Å²) in [6.45, 7) is 3.87. The zero-order chi connectivity index (χ0) is 21.8. The van der Waals surface area contributed by atoms with Crippen LogP contribution in [0.15, 0.2) is 42.7 Å². The minimum atomic E-state index is -0.200. The highest BCUT2D eigenvalue weighted by atomic mass is 35.5. The van der Waals surface area contributed by atoms with Crippen LogP contribution in [-0.2, 0) is 0 Å². The number of amides is 3. The van der Waals surface area contributed by atoms with Gasteiger partial charge in [0.05, 0.1) is 5.69 Å². The fourth-order valence-corrected chi connectivity index (χ4v) is 4.51. The van der Waals surface area contributed by atoms with E-state index >= 15 is 0 Å². The van der Waals surface area contributed by atoms with E-state index in [0.717, 1.165) is 0 Å². The minimum absolute atomic E-state index is 0.0747. The molecule has 3 amide bonds. The van der Waals surface area contributed by atoms with Crippen LogP contribution in [0.3, 0.4) is 0 Å². The van der Waals surface area contributed by atoms with E-state index in [1.165, 1.54) is 11.3 Å². The normalized spacial score (nSPS) is 14.3. The molecule has 1 N–H and O–H groups in total. The van der Waals surface area contributed by atoms with Crippen LogP contribution in [0.1, 0.15) is 21.8 Å². The molecule has 160 valence electrons. The van der Waals surface area contributed by atoms with Gasteiger partial charge in [0.15, 0.2) is 10.8 Å². The van der Waals surface area contributed by atoms with Crippen molar-refractivity contribution >= 4 is 40.6 Å². The van der Waals surface area contributed by atoms with Crippen LogP contribution in [0.2, 0.25) is 5.02 Å². The lowest BCUT2D eigenvalue weighted by molar-refractivity contribution is 0.0766. The molecule has 31 heavy (non-hydrogen) atoms. The smallest absolute Gasteiger partial charge is 0.321 e. The van der Waals surface area contributed by atoms with Crippen LogP contribution in [0.25, 0.3) is 10.8 Å². The van der Waals surface area contributed by atoms with Gasteiger partial charge in [0.1, 0.15) is 4.88 Å². The number of thiazole rings is 1. The van der Waals surface area contributed by atoms with Crippen molar-refractivity contribution in [2.75, 3.05) is 31.5 Å². The number of rotatable bonds is 3. The molecule has 0 atom stereocenters. The summed E-state index contributed by atoms with van der Waals surface area (Å²) in [5.74, 6) is 0.434. The third kappa shape index (κ3) is 5.00. The molecule has 2 aromatic heterocycles.